The number of carbonyl (C=O) groups is 1. The fourth-order valence-electron chi connectivity index (χ4n) is 1.99. The molecule has 144 valence electrons. The highest BCUT2D eigenvalue weighted by Gasteiger charge is 2.33. The quantitative estimate of drug-likeness (QED) is 0.604. The van der Waals surface area contributed by atoms with E-state index in [9.17, 15) is 13.6 Å². The van der Waals surface area contributed by atoms with Gasteiger partial charge < -0.3 is 9.64 Å². The molecular weight excluding hydrogens is 384 g/mol. The van der Waals surface area contributed by atoms with Gasteiger partial charge in [0.05, 0.1) is 0 Å². The maximum absolute atomic E-state index is 12.9. The molecule has 0 N–H and O–H groups in total. The van der Waals surface area contributed by atoms with E-state index in [1.54, 1.807) is 4.90 Å². The van der Waals surface area contributed by atoms with Gasteiger partial charge in [0, 0.05) is 11.7 Å². The number of hydrogen-bond acceptors (Lipinski definition) is 5. The van der Waals surface area contributed by atoms with Crippen molar-refractivity contribution in [2.75, 3.05) is 11.5 Å². The van der Waals surface area contributed by atoms with E-state index >= 15 is 0 Å². The summed E-state index contributed by atoms with van der Waals surface area (Å²) in [5.41, 5.74) is 0.741. The maximum Gasteiger partial charge on any atom is 0.376 e. The summed E-state index contributed by atoms with van der Waals surface area (Å²) in [6.45, 7) is 7.55. The van der Waals surface area contributed by atoms with Gasteiger partial charge in [-0.2, -0.15) is 8.78 Å². The van der Waals surface area contributed by atoms with Crippen LogP contribution in [0, 0.1) is 0 Å². The van der Waals surface area contributed by atoms with Gasteiger partial charge in [-0.15, -0.1) is 5.10 Å². The van der Waals surface area contributed by atoms with Crippen LogP contribution in [0.1, 0.15) is 39.1 Å². The van der Waals surface area contributed by atoms with Crippen LogP contribution in [0.5, 0.6) is 5.19 Å². The Balaban J connectivity index is 0.00000163. The van der Waals surface area contributed by atoms with Gasteiger partial charge in [-0.05, 0) is 37.1 Å². The predicted molar refractivity (Wildman–Crippen MR) is 100 cm³/mol. The van der Waals surface area contributed by atoms with Gasteiger partial charge >= 0.3 is 5.38 Å². The summed E-state index contributed by atoms with van der Waals surface area (Å²) >= 11 is 5.38. The van der Waals surface area contributed by atoms with Crippen molar-refractivity contribution < 1.29 is 18.3 Å². The fraction of sp³-hybridized carbons (Fsp3) is 0.471. The van der Waals surface area contributed by atoms with Gasteiger partial charge in [0.1, 0.15) is 0 Å². The first-order valence-electron chi connectivity index (χ1n) is 8.23. The van der Waals surface area contributed by atoms with Crippen LogP contribution >= 0.6 is 22.9 Å². The number of rotatable bonds is 7. The third kappa shape index (κ3) is 6.17. The van der Waals surface area contributed by atoms with Crippen molar-refractivity contribution in [3.05, 3.63) is 35.3 Å². The first-order chi connectivity index (χ1) is 12.3. The van der Waals surface area contributed by atoms with Gasteiger partial charge in [-0.1, -0.05) is 55.4 Å². The van der Waals surface area contributed by atoms with Crippen LogP contribution in [0.25, 0.3) is 0 Å². The molecule has 1 unspecified atom stereocenters. The van der Waals surface area contributed by atoms with Crippen molar-refractivity contribution in [2.45, 2.75) is 45.5 Å². The number of amides is 1. The fourth-order valence-corrected chi connectivity index (χ4v) is 2.71. The van der Waals surface area contributed by atoms with Crippen LogP contribution in [-0.4, -0.2) is 28.8 Å². The number of nitrogens with zero attached hydrogens (tertiary/aromatic N) is 3. The molecule has 0 aliphatic carbocycles. The zero-order chi connectivity index (χ0) is 19.7. The van der Waals surface area contributed by atoms with Crippen molar-refractivity contribution in [3.8, 4) is 5.19 Å². The second kappa shape index (κ2) is 10.4. The minimum atomic E-state index is -3.60. The van der Waals surface area contributed by atoms with Gasteiger partial charge in [-0.25, -0.2) is 0 Å². The van der Waals surface area contributed by atoms with Gasteiger partial charge in [0.25, 0.3) is 11.1 Å². The molecule has 0 saturated carbocycles. The summed E-state index contributed by atoms with van der Waals surface area (Å²) in [5, 5.41) is 2.32. The number of anilines is 1. The third-order valence-electron chi connectivity index (χ3n) is 3.30. The molecule has 1 aromatic heterocycles. The van der Waals surface area contributed by atoms with Gasteiger partial charge in [0.2, 0.25) is 5.01 Å². The Morgan fingerprint density at radius 2 is 1.92 bits per heavy atom. The standard InChI is InChI=1S/C15H16ClF2N3O2S.C2H6/c1-3-10(2)21(11-7-5-4-6-8-11)12(22)9-23-14-20-19-13(24-14)15(16,17)18;1-2/h4-8,10H,3,9H2,1-2H3;1-2H3. The smallest absolute Gasteiger partial charge is 0.376 e. The molecule has 2 aromatic rings. The molecular formula is C17H22ClF2N3O2S. The molecule has 0 aliphatic rings. The Morgan fingerprint density at radius 3 is 2.42 bits per heavy atom. The average molecular weight is 406 g/mol. The molecule has 9 heteroatoms. The highest BCUT2D eigenvalue weighted by Crippen LogP contribution is 2.36. The van der Waals surface area contributed by atoms with Crippen molar-refractivity contribution >= 4 is 34.5 Å². The minimum Gasteiger partial charge on any atom is -0.459 e. The van der Waals surface area contributed by atoms with E-state index in [1.807, 2.05) is 58.0 Å². The SMILES string of the molecule is CC.CCC(C)N(C(=O)COc1nnc(C(F)(F)Cl)s1)c1ccccc1. The second-order valence-corrected chi connectivity index (χ2v) is 6.43. The number of halogens is 3. The number of ether oxygens (including phenoxy) is 1. The monoisotopic (exact) mass is 405 g/mol. The Hall–Kier alpha value is -1.80. The average Bonchev–Trinajstić information content (AvgIpc) is 3.12. The molecule has 26 heavy (non-hydrogen) atoms. The minimum absolute atomic E-state index is 0.0411. The molecule has 0 bridgehead atoms. The molecule has 0 spiro atoms. The number of para-hydroxylation sites is 1. The largest absolute Gasteiger partial charge is 0.459 e. The lowest BCUT2D eigenvalue weighted by Gasteiger charge is -2.28. The summed E-state index contributed by atoms with van der Waals surface area (Å²) < 4.78 is 31.0. The lowest BCUT2D eigenvalue weighted by atomic mass is 10.2. The normalized spacial score (nSPS) is 12.0. The lowest BCUT2D eigenvalue weighted by Crippen LogP contribution is -2.41. The number of hydrogen-bond donors (Lipinski definition) is 0. The number of benzene rings is 1. The van der Waals surface area contributed by atoms with E-state index in [4.69, 9.17) is 16.3 Å². The number of alkyl halides is 3. The van der Waals surface area contributed by atoms with Crippen LogP contribution in [0.2, 0.25) is 0 Å². The Labute approximate surface area is 160 Å². The molecule has 0 radical (unpaired) electrons. The van der Waals surface area contributed by atoms with Crippen LogP contribution in [0.15, 0.2) is 30.3 Å². The van der Waals surface area contributed by atoms with E-state index in [-0.39, 0.29) is 23.7 Å². The Kier molecular flexibility index (Phi) is 8.87. The van der Waals surface area contributed by atoms with E-state index in [0.29, 0.717) is 11.3 Å². The van der Waals surface area contributed by atoms with E-state index < -0.39 is 10.4 Å². The summed E-state index contributed by atoms with van der Waals surface area (Å²) in [5.74, 6) is -0.301. The van der Waals surface area contributed by atoms with Crippen molar-refractivity contribution in [1.82, 2.24) is 10.2 Å². The zero-order valence-corrected chi connectivity index (χ0v) is 16.7. The Bertz CT molecular complexity index is 680. The van der Waals surface area contributed by atoms with Crippen LogP contribution in [-0.2, 0) is 10.2 Å². The van der Waals surface area contributed by atoms with Gasteiger partial charge in [-0.3, -0.25) is 4.79 Å². The van der Waals surface area contributed by atoms with E-state index in [0.717, 1.165) is 12.1 Å². The molecule has 1 atom stereocenters. The first-order valence-corrected chi connectivity index (χ1v) is 9.43. The number of carbonyl (C=O) groups excluding carboxylic acids is 1. The summed E-state index contributed by atoms with van der Waals surface area (Å²) in [6, 6.07) is 9.12. The Morgan fingerprint density at radius 1 is 1.31 bits per heavy atom. The second-order valence-electron chi connectivity index (χ2n) is 5.02. The summed E-state index contributed by atoms with van der Waals surface area (Å²) in [6.07, 6.45) is 0.752. The van der Waals surface area contributed by atoms with Crippen molar-refractivity contribution in [2.24, 2.45) is 0 Å². The summed E-state index contributed by atoms with van der Waals surface area (Å²) in [7, 11) is 0. The zero-order valence-electron chi connectivity index (χ0n) is 15.1. The topological polar surface area (TPSA) is 55.3 Å². The lowest BCUT2D eigenvalue weighted by molar-refractivity contribution is -0.121. The predicted octanol–water partition coefficient (Wildman–Crippen LogP) is 5.06. The third-order valence-corrected chi connectivity index (χ3v) is 4.50. The van der Waals surface area contributed by atoms with Gasteiger partial charge in [0.15, 0.2) is 6.61 Å². The molecule has 5 nitrogen and oxygen atoms in total. The summed E-state index contributed by atoms with van der Waals surface area (Å²) in [4.78, 5) is 14.1. The molecule has 1 heterocycles. The molecule has 0 fully saturated rings. The molecule has 1 aromatic carbocycles. The van der Waals surface area contributed by atoms with Crippen LogP contribution < -0.4 is 9.64 Å². The van der Waals surface area contributed by atoms with Crippen LogP contribution in [0.3, 0.4) is 0 Å². The molecule has 2 rings (SSSR count). The first kappa shape index (κ1) is 22.2. The number of aromatic nitrogens is 2. The molecule has 0 saturated heterocycles. The molecule has 0 aliphatic heterocycles. The maximum atomic E-state index is 12.9. The van der Waals surface area contributed by atoms with Crippen LogP contribution in [0.4, 0.5) is 14.5 Å². The van der Waals surface area contributed by atoms with E-state index in [2.05, 4.69) is 10.2 Å². The highest BCUT2D eigenvalue weighted by atomic mass is 35.5. The van der Waals surface area contributed by atoms with Crippen molar-refractivity contribution in [3.63, 3.8) is 0 Å². The molecule has 1 amide bonds. The van der Waals surface area contributed by atoms with Crippen molar-refractivity contribution in [1.29, 1.82) is 0 Å². The highest BCUT2D eigenvalue weighted by molar-refractivity contribution is 7.13. The van der Waals surface area contributed by atoms with E-state index in [1.165, 1.54) is 0 Å².